The van der Waals surface area contributed by atoms with E-state index in [1.165, 1.54) is 19.2 Å². The summed E-state index contributed by atoms with van der Waals surface area (Å²) in [5.41, 5.74) is 2.38. The molecular formula is C18H17N3O3S. The van der Waals surface area contributed by atoms with Gasteiger partial charge >= 0.3 is 0 Å². The lowest BCUT2D eigenvalue weighted by Crippen LogP contribution is -2.23. The summed E-state index contributed by atoms with van der Waals surface area (Å²) in [5.74, 6) is 0.488. The van der Waals surface area contributed by atoms with E-state index >= 15 is 0 Å². The molecule has 0 bridgehead atoms. The van der Waals surface area contributed by atoms with E-state index in [0.717, 1.165) is 16.8 Å². The van der Waals surface area contributed by atoms with Gasteiger partial charge in [-0.1, -0.05) is 12.1 Å². The van der Waals surface area contributed by atoms with Crippen molar-refractivity contribution in [3.63, 3.8) is 0 Å². The molecule has 0 spiro atoms. The lowest BCUT2D eigenvalue weighted by atomic mass is 10.1. The highest BCUT2D eigenvalue weighted by Gasteiger charge is 2.16. The van der Waals surface area contributed by atoms with E-state index in [9.17, 15) is 8.42 Å². The van der Waals surface area contributed by atoms with Crippen molar-refractivity contribution in [3.8, 4) is 17.0 Å². The number of methoxy groups -OCH3 is 1. The van der Waals surface area contributed by atoms with Crippen molar-refractivity contribution in [3.05, 3.63) is 72.7 Å². The van der Waals surface area contributed by atoms with Crippen LogP contribution < -0.4 is 9.46 Å². The topological polar surface area (TPSA) is 81.2 Å². The minimum atomic E-state index is -3.66. The molecule has 6 nitrogen and oxygen atoms in total. The van der Waals surface area contributed by atoms with Gasteiger partial charge in [-0.2, -0.15) is 0 Å². The monoisotopic (exact) mass is 355 g/mol. The van der Waals surface area contributed by atoms with Crippen molar-refractivity contribution in [1.29, 1.82) is 0 Å². The molecule has 1 N–H and O–H groups in total. The molecule has 0 radical (unpaired) electrons. The fourth-order valence-corrected chi connectivity index (χ4v) is 3.42. The number of rotatable bonds is 6. The van der Waals surface area contributed by atoms with Crippen molar-refractivity contribution in [2.45, 2.75) is 11.4 Å². The molecule has 0 aliphatic rings. The van der Waals surface area contributed by atoms with Gasteiger partial charge in [-0.25, -0.2) is 13.1 Å². The Morgan fingerprint density at radius 1 is 1.04 bits per heavy atom. The third kappa shape index (κ3) is 4.01. The average Bonchev–Trinajstić information content (AvgIpc) is 2.67. The first-order chi connectivity index (χ1) is 12.1. The van der Waals surface area contributed by atoms with Gasteiger partial charge in [-0.15, -0.1) is 0 Å². The van der Waals surface area contributed by atoms with Crippen LogP contribution in [0.15, 0.2) is 72.0 Å². The second-order valence-corrected chi connectivity index (χ2v) is 7.02. The number of ether oxygens (including phenoxy) is 1. The van der Waals surface area contributed by atoms with Gasteiger partial charge in [0, 0.05) is 36.8 Å². The minimum absolute atomic E-state index is 0.130. The van der Waals surface area contributed by atoms with Gasteiger partial charge in [0.2, 0.25) is 10.0 Å². The van der Waals surface area contributed by atoms with Gasteiger partial charge in [-0.3, -0.25) is 9.97 Å². The third-order valence-corrected chi connectivity index (χ3v) is 5.05. The number of hydrogen-bond acceptors (Lipinski definition) is 5. The van der Waals surface area contributed by atoms with Crippen LogP contribution in [0.4, 0.5) is 0 Å². The molecule has 0 aliphatic carbocycles. The molecule has 7 heteroatoms. The maximum absolute atomic E-state index is 12.5. The number of nitrogens with one attached hydrogen (secondary N) is 1. The molecule has 2 heterocycles. The highest BCUT2D eigenvalue weighted by Crippen LogP contribution is 2.21. The van der Waals surface area contributed by atoms with Gasteiger partial charge in [0.25, 0.3) is 0 Å². The standard InChI is InChI=1S/C18H17N3O3S/c1-24-16-5-2-6-17(12-16)25(22,23)21-13-15-4-3-9-20-18(15)14-7-10-19-11-8-14/h2-12,21H,13H2,1H3. The normalized spacial score (nSPS) is 11.2. The number of benzene rings is 1. The largest absolute Gasteiger partial charge is 0.497 e. The van der Waals surface area contributed by atoms with Crippen molar-refractivity contribution >= 4 is 10.0 Å². The van der Waals surface area contributed by atoms with Crippen LogP contribution in [0.25, 0.3) is 11.3 Å². The highest BCUT2D eigenvalue weighted by atomic mass is 32.2. The maximum Gasteiger partial charge on any atom is 0.241 e. The summed E-state index contributed by atoms with van der Waals surface area (Å²) >= 11 is 0. The van der Waals surface area contributed by atoms with Crippen LogP contribution in [0, 0.1) is 0 Å². The van der Waals surface area contributed by atoms with Crippen molar-refractivity contribution < 1.29 is 13.2 Å². The van der Waals surface area contributed by atoms with Crippen molar-refractivity contribution in [1.82, 2.24) is 14.7 Å². The molecule has 3 rings (SSSR count). The number of aromatic nitrogens is 2. The zero-order valence-electron chi connectivity index (χ0n) is 13.6. The first-order valence-corrected chi connectivity index (χ1v) is 9.06. The van der Waals surface area contributed by atoms with Crippen molar-refractivity contribution in [2.24, 2.45) is 0 Å². The molecule has 0 saturated heterocycles. The van der Waals surface area contributed by atoms with Crippen LogP contribution in [0.5, 0.6) is 5.75 Å². The molecular weight excluding hydrogens is 338 g/mol. The second-order valence-electron chi connectivity index (χ2n) is 5.25. The summed E-state index contributed by atoms with van der Waals surface area (Å²) in [5, 5.41) is 0. The zero-order chi connectivity index (χ0) is 17.7. The fraction of sp³-hybridized carbons (Fsp3) is 0.111. The van der Waals surface area contributed by atoms with Gasteiger partial charge in [0.15, 0.2) is 0 Å². The molecule has 128 valence electrons. The Morgan fingerprint density at radius 2 is 1.84 bits per heavy atom. The van der Waals surface area contributed by atoms with E-state index in [2.05, 4.69) is 14.7 Å². The summed E-state index contributed by atoms with van der Waals surface area (Å²) in [6, 6.07) is 13.6. The summed E-state index contributed by atoms with van der Waals surface area (Å²) in [6.45, 7) is 0.130. The highest BCUT2D eigenvalue weighted by molar-refractivity contribution is 7.89. The Morgan fingerprint density at radius 3 is 2.60 bits per heavy atom. The van der Waals surface area contributed by atoms with Crippen LogP contribution in [0.1, 0.15) is 5.56 Å². The zero-order valence-corrected chi connectivity index (χ0v) is 14.4. The predicted molar refractivity (Wildman–Crippen MR) is 94.5 cm³/mol. The Labute approximate surface area is 146 Å². The maximum atomic E-state index is 12.5. The van der Waals surface area contributed by atoms with Crippen LogP contribution >= 0.6 is 0 Å². The summed E-state index contributed by atoms with van der Waals surface area (Å²) < 4.78 is 32.7. The van der Waals surface area contributed by atoms with Gasteiger partial charge < -0.3 is 4.74 Å². The predicted octanol–water partition coefficient (Wildman–Crippen LogP) is 2.63. The Bertz CT molecular complexity index is 960. The number of sulfonamides is 1. The van der Waals surface area contributed by atoms with Crippen LogP contribution in [-0.4, -0.2) is 25.5 Å². The number of nitrogens with zero attached hydrogens (tertiary/aromatic N) is 2. The molecule has 25 heavy (non-hydrogen) atoms. The van der Waals surface area contributed by atoms with Crippen LogP contribution in [0.2, 0.25) is 0 Å². The molecule has 0 fully saturated rings. The molecule has 3 aromatic rings. The molecule has 2 aromatic heterocycles. The quantitative estimate of drug-likeness (QED) is 0.735. The van der Waals surface area contributed by atoms with E-state index in [1.807, 2.05) is 18.2 Å². The van der Waals surface area contributed by atoms with E-state index in [-0.39, 0.29) is 11.4 Å². The lowest BCUT2D eigenvalue weighted by Gasteiger charge is -2.11. The molecule has 0 atom stereocenters. The van der Waals surface area contributed by atoms with E-state index in [4.69, 9.17) is 4.74 Å². The smallest absolute Gasteiger partial charge is 0.241 e. The van der Waals surface area contributed by atoms with E-state index in [1.54, 1.807) is 36.8 Å². The van der Waals surface area contributed by atoms with Gasteiger partial charge in [-0.05, 0) is 35.9 Å². The molecule has 1 aromatic carbocycles. The van der Waals surface area contributed by atoms with E-state index < -0.39 is 10.0 Å². The Hall–Kier alpha value is -2.77. The van der Waals surface area contributed by atoms with Crippen molar-refractivity contribution in [2.75, 3.05) is 7.11 Å². The third-order valence-electron chi connectivity index (χ3n) is 3.65. The second kappa shape index (κ2) is 7.42. The first kappa shape index (κ1) is 17.1. The minimum Gasteiger partial charge on any atom is -0.497 e. The average molecular weight is 355 g/mol. The lowest BCUT2D eigenvalue weighted by molar-refractivity contribution is 0.413. The van der Waals surface area contributed by atoms with Crippen LogP contribution in [-0.2, 0) is 16.6 Å². The first-order valence-electron chi connectivity index (χ1n) is 7.58. The molecule has 0 aliphatic heterocycles. The number of pyridine rings is 2. The fourth-order valence-electron chi connectivity index (χ4n) is 2.38. The molecule has 0 unspecified atom stereocenters. The summed E-state index contributed by atoms with van der Waals surface area (Å²) in [4.78, 5) is 8.51. The van der Waals surface area contributed by atoms with Gasteiger partial charge in [0.05, 0.1) is 17.7 Å². The summed E-state index contributed by atoms with van der Waals surface area (Å²) in [7, 11) is -2.16. The Kier molecular flexibility index (Phi) is 5.06. The van der Waals surface area contributed by atoms with E-state index in [0.29, 0.717) is 5.75 Å². The van der Waals surface area contributed by atoms with Gasteiger partial charge in [0.1, 0.15) is 5.75 Å². The SMILES string of the molecule is COc1cccc(S(=O)(=O)NCc2cccnc2-c2ccncc2)c1. The number of hydrogen-bond donors (Lipinski definition) is 1. The summed E-state index contributed by atoms with van der Waals surface area (Å²) in [6.07, 6.45) is 5.03. The van der Waals surface area contributed by atoms with Crippen LogP contribution in [0.3, 0.4) is 0 Å². The molecule has 0 amide bonds. The molecule has 0 saturated carbocycles. The Balaban J connectivity index is 1.84.